The molecule has 1 aromatic rings. The molecule has 0 bridgehead atoms. The fourth-order valence-electron chi connectivity index (χ4n) is 0.976. The molecule has 5 nitrogen and oxygen atoms in total. The van der Waals surface area contributed by atoms with Gasteiger partial charge in [-0.2, -0.15) is 5.26 Å². The number of nitrogens with zero attached hydrogens (tertiary/aromatic N) is 2. The monoisotopic (exact) mass is 224 g/mol. The van der Waals surface area contributed by atoms with E-state index in [0.29, 0.717) is 31.6 Å². The number of hydrogen-bond acceptors (Lipinski definition) is 5. The second-order valence-corrected chi connectivity index (χ2v) is 3.77. The summed E-state index contributed by atoms with van der Waals surface area (Å²) in [5.41, 5.74) is 5.78. The quantitative estimate of drug-likeness (QED) is 0.703. The molecule has 80 valence electrons. The van der Waals surface area contributed by atoms with Crippen LogP contribution >= 0.6 is 11.3 Å². The van der Waals surface area contributed by atoms with E-state index in [0.717, 1.165) is 5.01 Å². The Bertz CT molecular complexity index is 368. The Morgan fingerprint density at radius 1 is 1.73 bits per heavy atom. The highest BCUT2D eigenvalue weighted by molar-refractivity contribution is 7.09. The van der Waals surface area contributed by atoms with Gasteiger partial charge in [-0.25, -0.2) is 4.98 Å². The lowest BCUT2D eigenvalue weighted by Gasteiger charge is -1.97. The molecule has 0 atom stereocenters. The number of nitriles is 1. The first-order chi connectivity index (χ1) is 7.27. The molecule has 0 aliphatic carbocycles. The molecule has 15 heavy (non-hydrogen) atoms. The Labute approximate surface area is 91.9 Å². The van der Waals surface area contributed by atoms with Crippen LogP contribution in [0.1, 0.15) is 21.9 Å². The Balaban J connectivity index is 2.47. The van der Waals surface area contributed by atoms with Gasteiger partial charge in [-0.05, 0) is 6.54 Å². The molecule has 1 rings (SSSR count). The molecule has 1 aromatic heterocycles. The maximum absolute atomic E-state index is 11.4. The van der Waals surface area contributed by atoms with Gasteiger partial charge in [0.2, 0.25) is 0 Å². The van der Waals surface area contributed by atoms with E-state index in [2.05, 4.69) is 10.3 Å². The minimum Gasteiger partial charge on any atom is -0.350 e. The fraction of sp³-hybridized carbons (Fsp3) is 0.444. The highest BCUT2D eigenvalue weighted by Crippen LogP contribution is 2.09. The summed E-state index contributed by atoms with van der Waals surface area (Å²) in [5, 5.41) is 13.5. The van der Waals surface area contributed by atoms with Crippen LogP contribution in [0, 0.1) is 11.3 Å². The van der Waals surface area contributed by atoms with E-state index in [-0.39, 0.29) is 5.91 Å². The average Bonchev–Trinajstić information content (AvgIpc) is 2.67. The van der Waals surface area contributed by atoms with E-state index in [1.165, 1.54) is 11.3 Å². The Morgan fingerprint density at radius 3 is 3.20 bits per heavy atom. The van der Waals surface area contributed by atoms with Crippen LogP contribution in [0.4, 0.5) is 0 Å². The highest BCUT2D eigenvalue weighted by Gasteiger charge is 2.09. The van der Waals surface area contributed by atoms with Crippen molar-refractivity contribution in [1.29, 1.82) is 5.26 Å². The summed E-state index contributed by atoms with van der Waals surface area (Å²) in [6, 6.07) is 1.95. The average molecular weight is 224 g/mol. The maximum atomic E-state index is 11.4. The van der Waals surface area contributed by atoms with Crippen LogP contribution in [0.3, 0.4) is 0 Å². The van der Waals surface area contributed by atoms with Crippen molar-refractivity contribution in [3.8, 4) is 6.07 Å². The third-order valence-electron chi connectivity index (χ3n) is 1.66. The Hall–Kier alpha value is -1.45. The molecule has 0 saturated heterocycles. The van der Waals surface area contributed by atoms with Crippen molar-refractivity contribution in [1.82, 2.24) is 10.3 Å². The third kappa shape index (κ3) is 3.65. The number of carbonyl (C=O) groups is 1. The lowest BCUT2D eigenvalue weighted by Crippen LogP contribution is -2.24. The van der Waals surface area contributed by atoms with Crippen LogP contribution in [0.2, 0.25) is 0 Å². The molecule has 6 heteroatoms. The van der Waals surface area contributed by atoms with Crippen LogP contribution in [0.15, 0.2) is 5.38 Å². The number of rotatable bonds is 5. The minimum atomic E-state index is -0.232. The van der Waals surface area contributed by atoms with Gasteiger partial charge in [-0.3, -0.25) is 4.79 Å². The number of thiazole rings is 1. The van der Waals surface area contributed by atoms with Gasteiger partial charge in [0.05, 0.1) is 17.5 Å². The fourth-order valence-corrected chi connectivity index (χ4v) is 1.77. The number of amides is 1. The minimum absolute atomic E-state index is 0.232. The van der Waals surface area contributed by atoms with Gasteiger partial charge in [0.1, 0.15) is 5.69 Å². The molecule has 0 radical (unpaired) electrons. The molecule has 0 saturated carbocycles. The van der Waals surface area contributed by atoms with Gasteiger partial charge in [0.15, 0.2) is 0 Å². The van der Waals surface area contributed by atoms with Gasteiger partial charge >= 0.3 is 0 Å². The van der Waals surface area contributed by atoms with Crippen molar-refractivity contribution in [3.63, 3.8) is 0 Å². The third-order valence-corrected chi connectivity index (χ3v) is 2.57. The van der Waals surface area contributed by atoms with Gasteiger partial charge in [-0.1, -0.05) is 0 Å². The molecular formula is C9H12N4OS. The first-order valence-corrected chi connectivity index (χ1v) is 5.45. The zero-order chi connectivity index (χ0) is 11.1. The standard InChI is InChI=1S/C9H12N4OS/c10-3-1-5-12-9(14)7-6-15-8(13-7)2-4-11/h6H,1-2,4-5,11H2,(H,12,14). The molecule has 0 fully saturated rings. The van der Waals surface area contributed by atoms with Crippen molar-refractivity contribution >= 4 is 17.2 Å². The summed E-state index contributed by atoms with van der Waals surface area (Å²) >= 11 is 1.42. The van der Waals surface area contributed by atoms with Crippen molar-refractivity contribution in [2.24, 2.45) is 5.73 Å². The van der Waals surface area contributed by atoms with Crippen LogP contribution < -0.4 is 11.1 Å². The molecule has 0 spiro atoms. The van der Waals surface area contributed by atoms with Gasteiger partial charge in [-0.15, -0.1) is 11.3 Å². The van der Waals surface area contributed by atoms with Crippen molar-refractivity contribution < 1.29 is 4.79 Å². The van der Waals surface area contributed by atoms with Gasteiger partial charge in [0.25, 0.3) is 5.91 Å². The lowest BCUT2D eigenvalue weighted by molar-refractivity contribution is 0.0950. The zero-order valence-electron chi connectivity index (χ0n) is 8.19. The van der Waals surface area contributed by atoms with Crippen LogP contribution in [0.5, 0.6) is 0 Å². The summed E-state index contributed by atoms with van der Waals surface area (Å²) in [5.74, 6) is -0.232. The summed E-state index contributed by atoms with van der Waals surface area (Å²) in [6.45, 7) is 0.891. The number of nitrogens with one attached hydrogen (secondary N) is 1. The summed E-state index contributed by atoms with van der Waals surface area (Å²) in [4.78, 5) is 15.6. The molecule has 1 heterocycles. The molecule has 1 amide bonds. The number of aromatic nitrogens is 1. The van der Waals surface area contributed by atoms with E-state index in [1.54, 1.807) is 5.38 Å². The van der Waals surface area contributed by atoms with Crippen molar-refractivity contribution in [2.45, 2.75) is 12.8 Å². The first kappa shape index (κ1) is 11.6. The molecule has 0 aliphatic heterocycles. The van der Waals surface area contributed by atoms with E-state index in [1.807, 2.05) is 6.07 Å². The summed E-state index contributed by atoms with van der Waals surface area (Å²) in [7, 11) is 0. The smallest absolute Gasteiger partial charge is 0.270 e. The van der Waals surface area contributed by atoms with Crippen LogP contribution in [0.25, 0.3) is 0 Å². The topological polar surface area (TPSA) is 91.8 Å². The van der Waals surface area contributed by atoms with E-state index >= 15 is 0 Å². The normalized spacial score (nSPS) is 9.60. The van der Waals surface area contributed by atoms with Gasteiger partial charge < -0.3 is 11.1 Å². The highest BCUT2D eigenvalue weighted by atomic mass is 32.1. The molecular weight excluding hydrogens is 212 g/mol. The Kier molecular flexibility index (Phi) is 4.74. The number of nitrogens with two attached hydrogens (primary N) is 1. The van der Waals surface area contributed by atoms with Crippen LogP contribution in [-0.2, 0) is 6.42 Å². The van der Waals surface area contributed by atoms with Crippen molar-refractivity contribution in [3.05, 3.63) is 16.1 Å². The zero-order valence-corrected chi connectivity index (χ0v) is 9.01. The lowest BCUT2D eigenvalue weighted by atomic mass is 10.4. The molecule has 0 aliphatic rings. The second-order valence-electron chi connectivity index (χ2n) is 2.83. The predicted molar refractivity (Wildman–Crippen MR) is 57.4 cm³/mol. The van der Waals surface area contributed by atoms with Crippen LogP contribution in [-0.4, -0.2) is 24.0 Å². The van der Waals surface area contributed by atoms with E-state index in [4.69, 9.17) is 11.0 Å². The van der Waals surface area contributed by atoms with Crippen molar-refractivity contribution in [2.75, 3.05) is 13.1 Å². The first-order valence-electron chi connectivity index (χ1n) is 4.57. The van der Waals surface area contributed by atoms with Gasteiger partial charge in [0, 0.05) is 18.3 Å². The number of hydrogen-bond donors (Lipinski definition) is 2. The predicted octanol–water partition coefficient (Wildman–Crippen LogP) is 0.288. The molecule has 0 unspecified atom stereocenters. The maximum Gasteiger partial charge on any atom is 0.270 e. The SMILES string of the molecule is N#CCCNC(=O)c1csc(CCN)n1. The summed E-state index contributed by atoms with van der Waals surface area (Å²) in [6.07, 6.45) is 1.00. The van der Waals surface area contributed by atoms with E-state index < -0.39 is 0 Å². The molecule has 0 aromatic carbocycles. The second kappa shape index (κ2) is 6.11. The largest absolute Gasteiger partial charge is 0.350 e. The molecule has 3 N–H and O–H groups in total. The number of carbonyl (C=O) groups excluding carboxylic acids is 1. The Morgan fingerprint density at radius 2 is 2.53 bits per heavy atom. The van der Waals surface area contributed by atoms with E-state index in [9.17, 15) is 4.79 Å². The summed E-state index contributed by atoms with van der Waals surface area (Å²) < 4.78 is 0.